The number of para-hydroxylation sites is 1. The molecule has 17 heavy (non-hydrogen) atoms. The van der Waals surface area contributed by atoms with E-state index in [2.05, 4.69) is 0 Å². The van der Waals surface area contributed by atoms with E-state index in [4.69, 9.17) is 10.8 Å². The van der Waals surface area contributed by atoms with Gasteiger partial charge in [0.1, 0.15) is 0 Å². The van der Waals surface area contributed by atoms with Crippen LogP contribution in [0.25, 0.3) is 0 Å². The summed E-state index contributed by atoms with van der Waals surface area (Å²) in [5.41, 5.74) is 5.98. The summed E-state index contributed by atoms with van der Waals surface area (Å²) in [6.07, 6.45) is 0.797. The predicted molar refractivity (Wildman–Crippen MR) is 63.6 cm³/mol. The van der Waals surface area contributed by atoms with Crippen molar-refractivity contribution in [2.45, 2.75) is 6.42 Å². The number of carbonyl (C=O) groups excluding carboxylic acids is 1. The van der Waals surface area contributed by atoms with Crippen molar-refractivity contribution in [2.24, 2.45) is 5.92 Å². The van der Waals surface area contributed by atoms with Crippen molar-refractivity contribution >= 4 is 11.6 Å². The fraction of sp³-hybridized carbons (Fsp3) is 0.417. The van der Waals surface area contributed by atoms with E-state index in [0.29, 0.717) is 13.1 Å². The lowest BCUT2D eigenvalue weighted by atomic mass is 10.1. The Labute approximate surface area is 99.5 Å². The number of hydrogen-bond donors (Lipinski definition) is 3. The summed E-state index contributed by atoms with van der Waals surface area (Å²) in [5.74, 6) is -0.252. The molecule has 5 heteroatoms. The minimum Gasteiger partial charge on any atom is -0.505 e. The van der Waals surface area contributed by atoms with Crippen molar-refractivity contribution in [2.75, 3.05) is 25.4 Å². The van der Waals surface area contributed by atoms with Gasteiger partial charge in [0.05, 0.1) is 11.3 Å². The van der Waals surface area contributed by atoms with Crippen LogP contribution in [0.5, 0.6) is 5.75 Å². The van der Waals surface area contributed by atoms with Crippen molar-refractivity contribution in [1.29, 1.82) is 0 Å². The van der Waals surface area contributed by atoms with Gasteiger partial charge in [0.25, 0.3) is 5.91 Å². The Morgan fingerprint density at radius 3 is 2.94 bits per heavy atom. The van der Waals surface area contributed by atoms with Crippen molar-refractivity contribution in [1.82, 2.24) is 4.90 Å². The summed E-state index contributed by atoms with van der Waals surface area (Å²) in [6, 6.07) is 4.74. The monoisotopic (exact) mass is 236 g/mol. The van der Waals surface area contributed by atoms with Gasteiger partial charge in [-0.3, -0.25) is 4.79 Å². The number of nitrogens with zero attached hydrogens (tertiary/aromatic N) is 1. The van der Waals surface area contributed by atoms with Crippen molar-refractivity contribution in [3.8, 4) is 5.75 Å². The number of phenolic OH excluding ortho intramolecular Hbond substituents is 1. The molecular formula is C12H16N2O3. The first-order chi connectivity index (χ1) is 8.13. The standard InChI is InChI=1S/C12H16N2O3/c13-10-3-1-2-9(11(10)16)12(17)14-5-4-8(6-14)7-15/h1-3,8,15-16H,4-7,13H2/t8-/m0/s1. The maximum atomic E-state index is 12.1. The van der Waals surface area contributed by atoms with Gasteiger partial charge in [-0.2, -0.15) is 0 Å². The first-order valence-electron chi connectivity index (χ1n) is 5.61. The summed E-state index contributed by atoms with van der Waals surface area (Å²) in [5, 5.41) is 18.8. The number of likely N-dealkylation sites (tertiary alicyclic amines) is 1. The SMILES string of the molecule is Nc1cccc(C(=O)N2CC[C@H](CO)C2)c1O. The molecule has 1 saturated heterocycles. The Balaban J connectivity index is 2.18. The van der Waals surface area contributed by atoms with Crippen LogP contribution in [0.15, 0.2) is 18.2 Å². The maximum absolute atomic E-state index is 12.1. The zero-order chi connectivity index (χ0) is 12.4. The van der Waals surface area contributed by atoms with Crippen molar-refractivity contribution in [3.05, 3.63) is 23.8 Å². The summed E-state index contributed by atoms with van der Waals surface area (Å²) in [7, 11) is 0. The number of carbonyl (C=O) groups is 1. The lowest BCUT2D eigenvalue weighted by molar-refractivity contribution is 0.0779. The van der Waals surface area contributed by atoms with Gasteiger partial charge < -0.3 is 20.8 Å². The second-order valence-electron chi connectivity index (χ2n) is 4.33. The Morgan fingerprint density at radius 1 is 1.53 bits per heavy atom. The Morgan fingerprint density at radius 2 is 2.29 bits per heavy atom. The zero-order valence-corrected chi connectivity index (χ0v) is 9.47. The summed E-state index contributed by atoms with van der Waals surface area (Å²) >= 11 is 0. The maximum Gasteiger partial charge on any atom is 0.257 e. The number of anilines is 1. The number of nitrogens with two attached hydrogens (primary N) is 1. The number of amides is 1. The fourth-order valence-corrected chi connectivity index (χ4v) is 2.07. The third-order valence-corrected chi connectivity index (χ3v) is 3.13. The van der Waals surface area contributed by atoms with E-state index >= 15 is 0 Å². The van der Waals surface area contributed by atoms with Crippen LogP contribution >= 0.6 is 0 Å². The second-order valence-corrected chi connectivity index (χ2v) is 4.33. The average molecular weight is 236 g/mol. The molecule has 0 unspecified atom stereocenters. The highest BCUT2D eigenvalue weighted by Crippen LogP contribution is 2.27. The third kappa shape index (κ3) is 2.19. The van der Waals surface area contributed by atoms with Crippen LogP contribution in [0.4, 0.5) is 5.69 Å². The minimum absolute atomic E-state index is 0.0900. The molecule has 1 aliphatic heterocycles. The molecule has 0 saturated carbocycles. The normalized spacial score (nSPS) is 19.6. The fourth-order valence-electron chi connectivity index (χ4n) is 2.07. The number of aromatic hydroxyl groups is 1. The van der Waals surface area contributed by atoms with Gasteiger partial charge >= 0.3 is 0 Å². The molecule has 1 aliphatic rings. The summed E-state index contributed by atoms with van der Waals surface area (Å²) in [4.78, 5) is 13.7. The lowest BCUT2D eigenvalue weighted by Gasteiger charge is -2.17. The molecule has 1 aromatic rings. The number of rotatable bonds is 2. The van der Waals surface area contributed by atoms with Crippen LogP contribution < -0.4 is 5.73 Å². The van der Waals surface area contributed by atoms with Crippen LogP contribution in [-0.4, -0.2) is 40.7 Å². The average Bonchev–Trinajstić information content (AvgIpc) is 2.80. The van der Waals surface area contributed by atoms with Gasteiger partial charge in [-0.25, -0.2) is 0 Å². The summed E-state index contributed by atoms with van der Waals surface area (Å²) < 4.78 is 0. The third-order valence-electron chi connectivity index (χ3n) is 3.13. The van der Waals surface area contributed by atoms with E-state index in [9.17, 15) is 9.90 Å². The van der Waals surface area contributed by atoms with E-state index in [1.165, 1.54) is 0 Å². The quantitative estimate of drug-likeness (QED) is 0.513. The largest absolute Gasteiger partial charge is 0.505 e. The molecular weight excluding hydrogens is 220 g/mol. The second kappa shape index (κ2) is 4.63. The molecule has 1 amide bonds. The van der Waals surface area contributed by atoms with E-state index in [0.717, 1.165) is 6.42 Å². The highest BCUT2D eigenvalue weighted by atomic mass is 16.3. The predicted octanol–water partition coefficient (Wildman–Crippen LogP) is 0.429. The van der Waals surface area contributed by atoms with E-state index in [-0.39, 0.29) is 35.4 Å². The molecule has 0 radical (unpaired) electrons. The molecule has 1 aromatic carbocycles. The molecule has 1 heterocycles. The molecule has 4 N–H and O–H groups in total. The molecule has 0 spiro atoms. The van der Waals surface area contributed by atoms with Crippen molar-refractivity contribution < 1.29 is 15.0 Å². The minimum atomic E-state index is -0.231. The first kappa shape index (κ1) is 11.7. The number of aliphatic hydroxyl groups is 1. The smallest absolute Gasteiger partial charge is 0.257 e. The molecule has 0 aliphatic carbocycles. The topological polar surface area (TPSA) is 86.8 Å². The molecule has 5 nitrogen and oxygen atoms in total. The first-order valence-corrected chi connectivity index (χ1v) is 5.61. The Bertz CT molecular complexity index is 434. The van der Waals surface area contributed by atoms with Crippen LogP contribution in [0.3, 0.4) is 0 Å². The van der Waals surface area contributed by atoms with E-state index < -0.39 is 0 Å². The van der Waals surface area contributed by atoms with Gasteiger partial charge in [0.15, 0.2) is 5.75 Å². The number of aliphatic hydroxyl groups excluding tert-OH is 1. The number of hydrogen-bond acceptors (Lipinski definition) is 4. The summed E-state index contributed by atoms with van der Waals surface area (Å²) in [6.45, 7) is 1.23. The van der Waals surface area contributed by atoms with Gasteiger partial charge in [0.2, 0.25) is 0 Å². The van der Waals surface area contributed by atoms with Crippen LogP contribution in [0.2, 0.25) is 0 Å². The number of phenols is 1. The van der Waals surface area contributed by atoms with Gasteiger partial charge in [-0.05, 0) is 18.6 Å². The zero-order valence-electron chi connectivity index (χ0n) is 9.47. The van der Waals surface area contributed by atoms with E-state index in [1.807, 2.05) is 0 Å². The van der Waals surface area contributed by atoms with Crippen LogP contribution in [0.1, 0.15) is 16.8 Å². The number of nitrogen functional groups attached to an aromatic ring is 1. The molecule has 0 aromatic heterocycles. The Hall–Kier alpha value is -1.75. The highest BCUT2D eigenvalue weighted by Gasteiger charge is 2.27. The Kier molecular flexibility index (Phi) is 3.19. The molecule has 92 valence electrons. The molecule has 2 rings (SSSR count). The van der Waals surface area contributed by atoms with Crippen LogP contribution in [-0.2, 0) is 0 Å². The van der Waals surface area contributed by atoms with Gasteiger partial charge in [0, 0.05) is 25.6 Å². The van der Waals surface area contributed by atoms with Crippen molar-refractivity contribution in [3.63, 3.8) is 0 Å². The highest BCUT2D eigenvalue weighted by molar-refractivity contribution is 5.98. The van der Waals surface area contributed by atoms with Gasteiger partial charge in [-0.15, -0.1) is 0 Å². The van der Waals surface area contributed by atoms with Gasteiger partial charge in [-0.1, -0.05) is 6.07 Å². The number of benzene rings is 1. The van der Waals surface area contributed by atoms with Crippen LogP contribution in [0, 0.1) is 5.92 Å². The molecule has 1 fully saturated rings. The lowest BCUT2D eigenvalue weighted by Crippen LogP contribution is -2.29. The molecule has 1 atom stereocenters. The van der Waals surface area contributed by atoms with E-state index in [1.54, 1.807) is 23.1 Å². The molecule has 0 bridgehead atoms.